The lowest BCUT2D eigenvalue weighted by Gasteiger charge is -2.14. The molecule has 1 aromatic heterocycles. The fourth-order valence-corrected chi connectivity index (χ4v) is 3.66. The second-order valence-electron chi connectivity index (χ2n) is 3.43. The Labute approximate surface area is 117 Å². The molecule has 2 aromatic rings. The number of rotatable bonds is 0. The van der Waals surface area contributed by atoms with E-state index in [1.807, 2.05) is 0 Å². The van der Waals surface area contributed by atoms with Crippen molar-refractivity contribution in [3.8, 4) is 0 Å². The number of nitrogens with zero attached hydrogens (tertiary/aromatic N) is 2. The number of carbonyl (C=O) groups excluding carboxylic acids is 2. The Hall–Kier alpha value is -0.920. The van der Waals surface area contributed by atoms with Gasteiger partial charge in [-0.25, -0.2) is 0 Å². The van der Waals surface area contributed by atoms with Gasteiger partial charge in [0.05, 0.1) is 11.7 Å². The SMILES string of the molecule is O=C1c2cc(Br)cc(Br)c2C(=O)c2nsnc21. The summed E-state index contributed by atoms with van der Waals surface area (Å²) in [6.45, 7) is 0. The minimum atomic E-state index is -0.261. The standard InChI is InChI=1S/C10H2Br2N2O2S/c11-3-1-4-6(5(12)2-3)10(16)8-7(9(4)15)13-17-14-8/h1-2H. The fourth-order valence-electron chi connectivity index (χ4n) is 1.72. The molecule has 0 radical (unpaired) electrons. The second-order valence-corrected chi connectivity index (χ2v) is 5.73. The van der Waals surface area contributed by atoms with Gasteiger partial charge in [0.25, 0.3) is 0 Å². The second kappa shape index (κ2) is 3.79. The monoisotopic (exact) mass is 372 g/mol. The first-order valence-electron chi connectivity index (χ1n) is 4.50. The van der Waals surface area contributed by atoms with E-state index >= 15 is 0 Å². The van der Waals surface area contributed by atoms with E-state index < -0.39 is 0 Å². The zero-order chi connectivity index (χ0) is 12.2. The number of benzene rings is 1. The predicted octanol–water partition coefficient (Wildman–Crippen LogP) is 2.84. The summed E-state index contributed by atoms with van der Waals surface area (Å²) in [7, 11) is 0. The van der Waals surface area contributed by atoms with Crippen LogP contribution in [0.25, 0.3) is 0 Å². The van der Waals surface area contributed by atoms with Crippen molar-refractivity contribution in [1.29, 1.82) is 0 Å². The first-order valence-corrected chi connectivity index (χ1v) is 6.82. The molecule has 84 valence electrons. The smallest absolute Gasteiger partial charge is 0.216 e. The average molecular weight is 374 g/mol. The maximum atomic E-state index is 12.2. The Kier molecular flexibility index (Phi) is 2.49. The van der Waals surface area contributed by atoms with Gasteiger partial charge in [-0.05, 0) is 28.1 Å². The van der Waals surface area contributed by atoms with E-state index in [1.54, 1.807) is 12.1 Å². The van der Waals surface area contributed by atoms with Gasteiger partial charge in [-0.1, -0.05) is 15.9 Å². The minimum Gasteiger partial charge on any atom is -0.287 e. The van der Waals surface area contributed by atoms with Gasteiger partial charge in [0.2, 0.25) is 11.6 Å². The lowest BCUT2D eigenvalue weighted by Crippen LogP contribution is -2.21. The van der Waals surface area contributed by atoms with Crippen molar-refractivity contribution in [3.05, 3.63) is 43.6 Å². The summed E-state index contributed by atoms with van der Waals surface area (Å²) < 4.78 is 9.07. The Morgan fingerprint density at radius 2 is 1.65 bits per heavy atom. The van der Waals surface area contributed by atoms with E-state index in [9.17, 15) is 9.59 Å². The minimum absolute atomic E-state index is 0.149. The lowest BCUT2D eigenvalue weighted by molar-refractivity contribution is 0.0973. The van der Waals surface area contributed by atoms with Gasteiger partial charge in [-0.15, -0.1) is 0 Å². The molecule has 3 rings (SSSR count). The molecule has 0 saturated heterocycles. The van der Waals surface area contributed by atoms with Crippen LogP contribution in [0.5, 0.6) is 0 Å². The molecule has 0 bridgehead atoms. The van der Waals surface area contributed by atoms with Crippen LogP contribution in [0.3, 0.4) is 0 Å². The van der Waals surface area contributed by atoms with E-state index in [-0.39, 0.29) is 23.0 Å². The van der Waals surface area contributed by atoms with Crippen molar-refractivity contribution in [3.63, 3.8) is 0 Å². The van der Waals surface area contributed by atoms with Crippen molar-refractivity contribution in [2.75, 3.05) is 0 Å². The Balaban J connectivity index is 2.38. The Morgan fingerprint density at radius 3 is 2.35 bits per heavy atom. The summed E-state index contributed by atoms with van der Waals surface area (Å²) in [6, 6.07) is 3.36. The molecule has 4 nitrogen and oxygen atoms in total. The molecule has 1 aliphatic carbocycles. The molecule has 17 heavy (non-hydrogen) atoms. The highest BCUT2D eigenvalue weighted by Crippen LogP contribution is 2.33. The molecule has 0 spiro atoms. The first kappa shape index (κ1) is 11.2. The van der Waals surface area contributed by atoms with Crippen molar-refractivity contribution in [2.45, 2.75) is 0 Å². The van der Waals surface area contributed by atoms with Crippen molar-refractivity contribution >= 4 is 55.2 Å². The van der Waals surface area contributed by atoms with Crippen molar-refractivity contribution < 1.29 is 9.59 Å². The summed E-state index contributed by atoms with van der Waals surface area (Å²) in [5, 5.41) is 0. The highest BCUT2D eigenvalue weighted by Gasteiger charge is 2.35. The van der Waals surface area contributed by atoms with Crippen LogP contribution in [0, 0.1) is 0 Å². The molecule has 1 aromatic carbocycles. The van der Waals surface area contributed by atoms with Crippen LogP contribution in [-0.4, -0.2) is 20.3 Å². The molecule has 0 saturated carbocycles. The van der Waals surface area contributed by atoms with Crippen LogP contribution in [0.4, 0.5) is 0 Å². The number of fused-ring (bicyclic) bond motifs is 2. The molecule has 0 amide bonds. The number of aromatic nitrogens is 2. The van der Waals surface area contributed by atoms with Gasteiger partial charge < -0.3 is 0 Å². The van der Waals surface area contributed by atoms with Gasteiger partial charge in [0, 0.05) is 20.1 Å². The fraction of sp³-hybridized carbons (Fsp3) is 0. The average Bonchev–Trinajstić information content (AvgIpc) is 2.74. The molecule has 1 aliphatic rings. The molecule has 0 aliphatic heterocycles. The van der Waals surface area contributed by atoms with Crippen LogP contribution < -0.4 is 0 Å². The molecule has 7 heteroatoms. The lowest BCUT2D eigenvalue weighted by atomic mass is 9.90. The maximum absolute atomic E-state index is 12.2. The molecule has 0 fully saturated rings. The Bertz CT molecular complexity index is 681. The van der Waals surface area contributed by atoms with E-state index in [0.29, 0.717) is 15.6 Å². The van der Waals surface area contributed by atoms with Gasteiger partial charge >= 0.3 is 0 Å². The van der Waals surface area contributed by atoms with Crippen LogP contribution in [0.2, 0.25) is 0 Å². The molecule has 0 atom stereocenters. The third-order valence-electron chi connectivity index (χ3n) is 2.45. The number of halogens is 2. The van der Waals surface area contributed by atoms with Gasteiger partial charge in [0.15, 0.2) is 11.4 Å². The van der Waals surface area contributed by atoms with E-state index in [4.69, 9.17) is 0 Å². The van der Waals surface area contributed by atoms with Crippen LogP contribution in [0.15, 0.2) is 21.1 Å². The Morgan fingerprint density at radius 1 is 1.00 bits per heavy atom. The summed E-state index contributed by atoms with van der Waals surface area (Å²) >= 11 is 7.46. The summed E-state index contributed by atoms with van der Waals surface area (Å²) in [4.78, 5) is 24.3. The van der Waals surface area contributed by atoms with E-state index in [0.717, 1.165) is 16.2 Å². The third-order valence-corrected chi connectivity index (χ3v) is 4.06. The van der Waals surface area contributed by atoms with Gasteiger partial charge in [-0.3, -0.25) is 9.59 Å². The van der Waals surface area contributed by atoms with Gasteiger partial charge in [-0.2, -0.15) is 8.75 Å². The highest BCUT2D eigenvalue weighted by atomic mass is 79.9. The maximum Gasteiger partial charge on any atom is 0.216 e. The molecular weight excluding hydrogens is 372 g/mol. The van der Waals surface area contributed by atoms with Crippen LogP contribution in [-0.2, 0) is 0 Å². The number of hydrogen-bond donors (Lipinski definition) is 0. The van der Waals surface area contributed by atoms with Crippen molar-refractivity contribution in [2.24, 2.45) is 0 Å². The topological polar surface area (TPSA) is 59.9 Å². The number of ketones is 2. The van der Waals surface area contributed by atoms with Crippen LogP contribution >= 0.6 is 43.6 Å². The summed E-state index contributed by atoms with van der Waals surface area (Å²) in [5.41, 5.74) is 1.02. The quantitative estimate of drug-likeness (QED) is 0.607. The number of carbonyl (C=O) groups is 2. The van der Waals surface area contributed by atoms with Crippen molar-refractivity contribution in [1.82, 2.24) is 8.75 Å². The largest absolute Gasteiger partial charge is 0.287 e. The first-order chi connectivity index (χ1) is 8.09. The third kappa shape index (κ3) is 1.53. The zero-order valence-electron chi connectivity index (χ0n) is 8.03. The highest BCUT2D eigenvalue weighted by molar-refractivity contribution is 9.11. The molecule has 0 unspecified atom stereocenters. The summed E-state index contributed by atoms with van der Waals surface area (Å²) in [6.07, 6.45) is 0. The van der Waals surface area contributed by atoms with Crippen LogP contribution in [0.1, 0.15) is 32.1 Å². The molecule has 1 heterocycles. The zero-order valence-corrected chi connectivity index (χ0v) is 12.0. The number of hydrogen-bond acceptors (Lipinski definition) is 5. The van der Waals surface area contributed by atoms with E-state index in [1.165, 1.54) is 0 Å². The summed E-state index contributed by atoms with van der Waals surface area (Å²) in [5.74, 6) is -0.520. The van der Waals surface area contributed by atoms with Gasteiger partial charge in [0.1, 0.15) is 0 Å². The van der Waals surface area contributed by atoms with E-state index in [2.05, 4.69) is 40.6 Å². The normalized spacial score (nSPS) is 13.5. The molecular formula is C10H2Br2N2O2S. The predicted molar refractivity (Wildman–Crippen MR) is 68.6 cm³/mol. The molecule has 0 N–H and O–H groups in total.